The number of hydrogen-bond acceptors (Lipinski definition) is 4. The summed E-state index contributed by atoms with van der Waals surface area (Å²) < 4.78 is 1.99. The van der Waals surface area contributed by atoms with E-state index in [2.05, 4.69) is 23.2 Å². The molecule has 1 saturated heterocycles. The molecule has 2 heterocycles. The molecule has 160 valence electrons. The smallest absolute Gasteiger partial charge is 0.254 e. The van der Waals surface area contributed by atoms with Crippen LogP contribution in [0.15, 0.2) is 48.8 Å². The number of piperazine rings is 1. The largest absolute Gasteiger partial charge is 0.380 e. The fourth-order valence-electron chi connectivity index (χ4n) is 4.36. The molecule has 0 radical (unpaired) electrons. The normalized spacial score (nSPS) is 20.2. The van der Waals surface area contributed by atoms with Crippen LogP contribution >= 0.6 is 0 Å². The van der Waals surface area contributed by atoms with Crippen LogP contribution in [0.1, 0.15) is 30.1 Å². The number of carbonyl (C=O) groups is 2. The van der Waals surface area contributed by atoms with Gasteiger partial charge in [0, 0.05) is 38.3 Å². The van der Waals surface area contributed by atoms with Crippen LogP contribution in [-0.4, -0.2) is 67.5 Å². The average Bonchev–Trinajstić information content (AvgIpc) is 3.44. The van der Waals surface area contributed by atoms with Gasteiger partial charge in [0.15, 0.2) is 0 Å². The number of amides is 2. The third-order valence-electron chi connectivity index (χ3n) is 6.49. The van der Waals surface area contributed by atoms with Gasteiger partial charge in [-0.25, -0.2) is 4.98 Å². The Balaban J connectivity index is 1.29. The quantitative estimate of drug-likeness (QED) is 0.709. The highest BCUT2D eigenvalue weighted by molar-refractivity contribution is 5.95. The van der Waals surface area contributed by atoms with Gasteiger partial charge in [-0.3, -0.25) is 9.59 Å². The Labute approximate surface area is 180 Å². The first-order chi connectivity index (χ1) is 14.9. The molecule has 2 amide bonds. The molecule has 1 aliphatic heterocycles. The number of aryl methyl sites for hydroxylation is 1. The second-order valence-electron chi connectivity index (χ2n) is 8.77. The summed E-state index contributed by atoms with van der Waals surface area (Å²) in [5.74, 6) is -0.225. The van der Waals surface area contributed by atoms with Crippen molar-refractivity contribution in [1.82, 2.24) is 19.4 Å². The van der Waals surface area contributed by atoms with Crippen LogP contribution in [0, 0.1) is 0 Å². The Morgan fingerprint density at radius 2 is 1.77 bits per heavy atom. The molecule has 0 spiro atoms. The van der Waals surface area contributed by atoms with Crippen molar-refractivity contribution in [3.8, 4) is 11.1 Å². The van der Waals surface area contributed by atoms with Gasteiger partial charge in [-0.15, -0.1) is 0 Å². The molecule has 1 aliphatic carbocycles. The first kappa shape index (κ1) is 19.8. The molecule has 1 saturated carbocycles. The van der Waals surface area contributed by atoms with Crippen molar-refractivity contribution in [3.05, 3.63) is 54.4 Å². The number of benzene rings is 2. The SMILES string of the molecule is C[C@@H]1CN(C(=O)C2(O)CC2)CCN1C(=O)c1ccc(-c2ccc3c(c2)ncn3C)cc1. The second kappa shape index (κ2) is 7.20. The van der Waals surface area contributed by atoms with E-state index in [1.807, 2.05) is 47.7 Å². The lowest BCUT2D eigenvalue weighted by molar-refractivity contribution is -0.144. The van der Waals surface area contributed by atoms with Crippen LogP contribution in [0.25, 0.3) is 22.2 Å². The first-order valence-corrected chi connectivity index (χ1v) is 10.7. The van der Waals surface area contributed by atoms with E-state index >= 15 is 0 Å². The molecule has 1 atom stereocenters. The Kier molecular flexibility index (Phi) is 4.59. The number of nitrogens with zero attached hydrogens (tertiary/aromatic N) is 4. The molecule has 2 aliphatic rings. The van der Waals surface area contributed by atoms with E-state index in [0.29, 0.717) is 38.0 Å². The highest BCUT2D eigenvalue weighted by atomic mass is 16.3. The van der Waals surface area contributed by atoms with Gasteiger partial charge in [0.05, 0.1) is 17.4 Å². The summed E-state index contributed by atoms with van der Waals surface area (Å²) in [6, 6.07) is 13.7. The van der Waals surface area contributed by atoms with Gasteiger partial charge in [0.2, 0.25) is 0 Å². The summed E-state index contributed by atoms with van der Waals surface area (Å²) in [7, 11) is 1.97. The van der Waals surface area contributed by atoms with Gasteiger partial charge in [-0.1, -0.05) is 18.2 Å². The lowest BCUT2D eigenvalue weighted by atomic mass is 10.0. The van der Waals surface area contributed by atoms with E-state index in [1.54, 1.807) is 11.2 Å². The first-order valence-electron chi connectivity index (χ1n) is 10.7. The fourth-order valence-corrected chi connectivity index (χ4v) is 4.36. The van der Waals surface area contributed by atoms with Crippen LogP contribution in [0.4, 0.5) is 0 Å². The number of imidazole rings is 1. The van der Waals surface area contributed by atoms with Crippen LogP contribution in [0.2, 0.25) is 0 Å². The summed E-state index contributed by atoms with van der Waals surface area (Å²) in [5, 5.41) is 10.1. The van der Waals surface area contributed by atoms with Crippen molar-refractivity contribution in [3.63, 3.8) is 0 Å². The van der Waals surface area contributed by atoms with Gasteiger partial charge >= 0.3 is 0 Å². The third-order valence-corrected chi connectivity index (χ3v) is 6.49. The number of aromatic nitrogens is 2. The van der Waals surface area contributed by atoms with Crippen molar-refractivity contribution in [2.45, 2.75) is 31.4 Å². The molecule has 1 aromatic heterocycles. The van der Waals surface area contributed by atoms with Gasteiger partial charge in [0.1, 0.15) is 5.60 Å². The monoisotopic (exact) mass is 418 g/mol. The van der Waals surface area contributed by atoms with Gasteiger partial charge < -0.3 is 19.5 Å². The van der Waals surface area contributed by atoms with Crippen molar-refractivity contribution in [1.29, 1.82) is 0 Å². The minimum Gasteiger partial charge on any atom is -0.380 e. The van der Waals surface area contributed by atoms with E-state index in [9.17, 15) is 14.7 Å². The van der Waals surface area contributed by atoms with E-state index in [0.717, 1.165) is 22.2 Å². The highest BCUT2D eigenvalue weighted by Gasteiger charge is 2.51. The maximum absolute atomic E-state index is 13.1. The highest BCUT2D eigenvalue weighted by Crippen LogP contribution is 2.37. The van der Waals surface area contributed by atoms with Crippen LogP contribution in [0.5, 0.6) is 0 Å². The topological polar surface area (TPSA) is 78.7 Å². The summed E-state index contributed by atoms with van der Waals surface area (Å²) in [4.78, 5) is 33.4. The van der Waals surface area contributed by atoms with E-state index in [-0.39, 0.29) is 17.9 Å². The van der Waals surface area contributed by atoms with Crippen molar-refractivity contribution >= 4 is 22.8 Å². The zero-order valence-electron chi connectivity index (χ0n) is 17.8. The molecule has 0 bridgehead atoms. The standard InChI is InChI=1S/C24H26N4O3/c1-16-14-27(23(30)24(31)9-10-24)11-12-28(16)22(29)18-5-3-17(4-6-18)19-7-8-21-20(13-19)25-15-26(21)2/h3-8,13,15-16,31H,9-12,14H2,1-2H3/t16-/m1/s1. The Bertz CT molecular complexity index is 1160. The van der Waals surface area contributed by atoms with Gasteiger partial charge in [0.25, 0.3) is 11.8 Å². The zero-order chi connectivity index (χ0) is 21.8. The average molecular weight is 418 g/mol. The van der Waals surface area contributed by atoms with Crippen molar-refractivity contribution < 1.29 is 14.7 Å². The van der Waals surface area contributed by atoms with Crippen LogP contribution in [-0.2, 0) is 11.8 Å². The Morgan fingerprint density at radius 3 is 2.45 bits per heavy atom. The number of hydrogen-bond donors (Lipinski definition) is 1. The molecule has 2 fully saturated rings. The fraction of sp³-hybridized carbons (Fsp3) is 0.375. The summed E-state index contributed by atoms with van der Waals surface area (Å²) in [6.45, 7) is 3.33. The lowest BCUT2D eigenvalue weighted by Crippen LogP contribution is -2.57. The van der Waals surface area contributed by atoms with E-state index in [1.165, 1.54) is 0 Å². The molecular weight excluding hydrogens is 392 g/mol. The maximum Gasteiger partial charge on any atom is 0.254 e. The molecule has 5 rings (SSSR count). The molecule has 3 aromatic rings. The summed E-state index contributed by atoms with van der Waals surface area (Å²) >= 11 is 0. The lowest BCUT2D eigenvalue weighted by Gasteiger charge is -2.40. The van der Waals surface area contributed by atoms with Crippen molar-refractivity contribution in [2.24, 2.45) is 7.05 Å². The molecule has 1 N–H and O–H groups in total. The Morgan fingerprint density at radius 1 is 1.06 bits per heavy atom. The van der Waals surface area contributed by atoms with E-state index in [4.69, 9.17) is 0 Å². The number of carbonyl (C=O) groups excluding carboxylic acids is 2. The molecule has 7 nitrogen and oxygen atoms in total. The number of rotatable bonds is 3. The summed E-state index contributed by atoms with van der Waals surface area (Å²) in [5.41, 5.74) is 3.59. The number of fused-ring (bicyclic) bond motifs is 1. The molecule has 31 heavy (non-hydrogen) atoms. The predicted octanol–water partition coefficient (Wildman–Crippen LogP) is 2.44. The molecule has 2 aromatic carbocycles. The summed E-state index contributed by atoms with van der Waals surface area (Å²) in [6.07, 6.45) is 2.88. The minimum absolute atomic E-state index is 0.0311. The number of aliphatic hydroxyl groups is 1. The van der Waals surface area contributed by atoms with E-state index < -0.39 is 5.60 Å². The van der Waals surface area contributed by atoms with Crippen molar-refractivity contribution in [2.75, 3.05) is 19.6 Å². The van der Waals surface area contributed by atoms with Crippen LogP contribution in [0.3, 0.4) is 0 Å². The zero-order valence-corrected chi connectivity index (χ0v) is 17.8. The molecular formula is C24H26N4O3. The molecule has 0 unspecified atom stereocenters. The predicted molar refractivity (Wildman–Crippen MR) is 117 cm³/mol. The molecule has 7 heteroatoms. The van der Waals surface area contributed by atoms with Gasteiger partial charge in [-0.2, -0.15) is 0 Å². The van der Waals surface area contributed by atoms with Gasteiger partial charge in [-0.05, 0) is 55.2 Å². The maximum atomic E-state index is 13.1. The minimum atomic E-state index is -1.15. The third kappa shape index (κ3) is 3.49. The Hall–Kier alpha value is -3.19. The van der Waals surface area contributed by atoms with Crippen LogP contribution < -0.4 is 0 Å². The second-order valence-corrected chi connectivity index (χ2v) is 8.77.